The van der Waals surface area contributed by atoms with Crippen molar-refractivity contribution in [1.82, 2.24) is 5.43 Å². The predicted octanol–water partition coefficient (Wildman–Crippen LogP) is 1.55. The van der Waals surface area contributed by atoms with Gasteiger partial charge in [0.05, 0.1) is 12.2 Å². The first-order chi connectivity index (χ1) is 7.70. The zero-order valence-corrected chi connectivity index (χ0v) is 9.75. The van der Waals surface area contributed by atoms with Crippen LogP contribution >= 0.6 is 0 Å². The molecular formula is C12H18N4. The fraction of sp³-hybridized carbons (Fsp3) is 0.333. The number of aryl methyl sites for hydroxylation is 1. The van der Waals surface area contributed by atoms with Gasteiger partial charge in [-0.25, -0.2) is 0 Å². The van der Waals surface area contributed by atoms with Crippen LogP contribution in [0.1, 0.15) is 12.5 Å². The molecule has 0 saturated carbocycles. The summed E-state index contributed by atoms with van der Waals surface area (Å²) in [5.41, 5.74) is 12.3. The Morgan fingerprint density at radius 3 is 2.88 bits per heavy atom. The molecule has 4 nitrogen and oxygen atoms in total. The molecule has 0 atom stereocenters. The average molecular weight is 218 g/mol. The largest absolute Gasteiger partial charge is 0.385 e. The summed E-state index contributed by atoms with van der Waals surface area (Å²) >= 11 is 0. The molecule has 0 aliphatic carbocycles. The maximum Gasteiger partial charge on any atom is 0.113 e. The maximum absolute atomic E-state index is 5.67. The minimum absolute atomic E-state index is 0.716. The van der Waals surface area contributed by atoms with E-state index in [9.17, 15) is 0 Å². The Bertz CT molecular complexity index is 411. The summed E-state index contributed by atoms with van der Waals surface area (Å²) in [4.78, 5) is 0. The molecule has 0 bridgehead atoms. The van der Waals surface area contributed by atoms with Crippen molar-refractivity contribution in [2.45, 2.75) is 13.8 Å². The lowest BCUT2D eigenvalue weighted by molar-refractivity contribution is 0.797. The lowest BCUT2D eigenvalue weighted by Crippen LogP contribution is -2.34. The third-order valence-electron chi connectivity index (χ3n) is 2.65. The Morgan fingerprint density at radius 2 is 2.31 bits per heavy atom. The molecule has 0 spiro atoms. The monoisotopic (exact) mass is 218 g/mol. The molecule has 0 aromatic heterocycles. The summed E-state index contributed by atoms with van der Waals surface area (Å²) in [6.07, 6.45) is 1.97. The molecule has 0 fully saturated rings. The van der Waals surface area contributed by atoms with Crippen LogP contribution in [0.5, 0.6) is 0 Å². The highest BCUT2D eigenvalue weighted by Crippen LogP contribution is 2.22. The van der Waals surface area contributed by atoms with Gasteiger partial charge in [-0.05, 0) is 43.7 Å². The molecule has 1 aliphatic rings. The summed E-state index contributed by atoms with van der Waals surface area (Å²) in [6, 6.07) is 6.34. The van der Waals surface area contributed by atoms with Crippen molar-refractivity contribution in [3.63, 3.8) is 0 Å². The molecule has 0 amide bonds. The van der Waals surface area contributed by atoms with Crippen LogP contribution in [0.3, 0.4) is 0 Å². The van der Waals surface area contributed by atoms with E-state index in [0.717, 1.165) is 18.8 Å². The Hall–Kier alpha value is -1.84. The molecule has 0 radical (unpaired) electrons. The van der Waals surface area contributed by atoms with Gasteiger partial charge in [-0.1, -0.05) is 0 Å². The SMILES string of the molecule is CCNc1ccc(N2CC=C(N)N2)cc1C. The number of anilines is 2. The van der Waals surface area contributed by atoms with Crippen LogP contribution in [0.25, 0.3) is 0 Å². The second-order valence-corrected chi connectivity index (χ2v) is 3.91. The van der Waals surface area contributed by atoms with Gasteiger partial charge in [0.15, 0.2) is 0 Å². The van der Waals surface area contributed by atoms with Gasteiger partial charge in [-0.2, -0.15) is 0 Å². The number of hydrogen-bond acceptors (Lipinski definition) is 4. The number of nitrogens with one attached hydrogen (secondary N) is 2. The number of benzene rings is 1. The van der Waals surface area contributed by atoms with Crippen LogP contribution in [0.2, 0.25) is 0 Å². The fourth-order valence-electron chi connectivity index (χ4n) is 1.81. The molecular weight excluding hydrogens is 200 g/mol. The summed E-state index contributed by atoms with van der Waals surface area (Å²) in [5, 5.41) is 5.35. The molecule has 4 N–H and O–H groups in total. The second-order valence-electron chi connectivity index (χ2n) is 3.91. The van der Waals surface area contributed by atoms with E-state index in [1.165, 1.54) is 11.3 Å². The number of hydrazine groups is 1. The summed E-state index contributed by atoms with van der Waals surface area (Å²) in [7, 11) is 0. The average Bonchev–Trinajstić information content (AvgIpc) is 2.68. The Labute approximate surface area is 96.1 Å². The van der Waals surface area contributed by atoms with Crippen molar-refractivity contribution in [3.8, 4) is 0 Å². The second kappa shape index (κ2) is 4.35. The van der Waals surface area contributed by atoms with Crippen LogP contribution in [0.4, 0.5) is 11.4 Å². The number of rotatable bonds is 3. The Morgan fingerprint density at radius 1 is 1.50 bits per heavy atom. The van der Waals surface area contributed by atoms with E-state index < -0.39 is 0 Å². The lowest BCUT2D eigenvalue weighted by atomic mass is 10.1. The van der Waals surface area contributed by atoms with Crippen molar-refractivity contribution >= 4 is 11.4 Å². The van der Waals surface area contributed by atoms with Crippen molar-refractivity contribution in [2.24, 2.45) is 5.73 Å². The molecule has 1 aromatic carbocycles. The van der Waals surface area contributed by atoms with Gasteiger partial charge in [0, 0.05) is 12.2 Å². The smallest absolute Gasteiger partial charge is 0.113 e. The van der Waals surface area contributed by atoms with Crippen molar-refractivity contribution in [2.75, 3.05) is 23.4 Å². The van der Waals surface area contributed by atoms with Crippen LogP contribution in [0, 0.1) is 6.92 Å². The van der Waals surface area contributed by atoms with Crippen LogP contribution in [0.15, 0.2) is 30.1 Å². The third kappa shape index (κ3) is 2.05. The zero-order chi connectivity index (χ0) is 11.5. The van der Waals surface area contributed by atoms with Crippen LogP contribution < -0.4 is 21.5 Å². The van der Waals surface area contributed by atoms with E-state index in [0.29, 0.717) is 5.82 Å². The normalized spacial score (nSPS) is 14.6. The molecule has 0 saturated heterocycles. The maximum atomic E-state index is 5.67. The molecule has 0 unspecified atom stereocenters. The van der Waals surface area contributed by atoms with Crippen molar-refractivity contribution in [1.29, 1.82) is 0 Å². The number of hydrogen-bond donors (Lipinski definition) is 3. The lowest BCUT2D eigenvalue weighted by Gasteiger charge is -2.20. The molecule has 4 heteroatoms. The van der Waals surface area contributed by atoms with Gasteiger partial charge in [0.25, 0.3) is 0 Å². The minimum Gasteiger partial charge on any atom is -0.385 e. The highest BCUT2D eigenvalue weighted by atomic mass is 15.5. The summed E-state index contributed by atoms with van der Waals surface area (Å²) < 4.78 is 0. The highest BCUT2D eigenvalue weighted by molar-refractivity contribution is 5.60. The van der Waals surface area contributed by atoms with Gasteiger partial charge >= 0.3 is 0 Å². The summed E-state index contributed by atoms with van der Waals surface area (Å²) in [5.74, 6) is 0.716. The first kappa shape index (κ1) is 10.7. The molecule has 1 aliphatic heterocycles. The van der Waals surface area contributed by atoms with Crippen LogP contribution in [-0.2, 0) is 0 Å². The van der Waals surface area contributed by atoms with Gasteiger partial charge in [0.2, 0.25) is 0 Å². The van der Waals surface area contributed by atoms with E-state index in [-0.39, 0.29) is 0 Å². The van der Waals surface area contributed by atoms with E-state index in [1.807, 2.05) is 11.1 Å². The topological polar surface area (TPSA) is 53.3 Å². The van der Waals surface area contributed by atoms with Crippen LogP contribution in [-0.4, -0.2) is 13.1 Å². The molecule has 16 heavy (non-hydrogen) atoms. The van der Waals surface area contributed by atoms with Crippen molar-refractivity contribution < 1.29 is 0 Å². The van der Waals surface area contributed by atoms with Gasteiger partial charge in [0.1, 0.15) is 5.82 Å². The van der Waals surface area contributed by atoms with E-state index in [4.69, 9.17) is 5.73 Å². The Kier molecular flexibility index (Phi) is 2.90. The standard InChI is InChI=1S/C12H18N4/c1-3-14-11-5-4-10(8-9(11)2)16-7-6-12(13)15-16/h4-6,8,14-15H,3,7,13H2,1-2H3. The van der Waals surface area contributed by atoms with E-state index in [2.05, 4.69) is 42.8 Å². The predicted molar refractivity (Wildman–Crippen MR) is 68.1 cm³/mol. The van der Waals surface area contributed by atoms with Crippen molar-refractivity contribution in [3.05, 3.63) is 35.7 Å². The van der Waals surface area contributed by atoms with Gasteiger partial charge in [-0.15, -0.1) is 0 Å². The van der Waals surface area contributed by atoms with Gasteiger partial charge in [-0.3, -0.25) is 10.4 Å². The quantitative estimate of drug-likeness (QED) is 0.720. The number of nitrogens with zero attached hydrogens (tertiary/aromatic N) is 1. The first-order valence-corrected chi connectivity index (χ1v) is 5.55. The molecule has 2 rings (SSSR count). The highest BCUT2D eigenvalue weighted by Gasteiger charge is 2.11. The fourth-order valence-corrected chi connectivity index (χ4v) is 1.81. The zero-order valence-electron chi connectivity index (χ0n) is 9.75. The van der Waals surface area contributed by atoms with E-state index in [1.54, 1.807) is 0 Å². The Balaban J connectivity index is 2.15. The minimum atomic E-state index is 0.716. The summed E-state index contributed by atoms with van der Waals surface area (Å²) in [6.45, 7) is 5.96. The first-order valence-electron chi connectivity index (χ1n) is 5.55. The molecule has 1 heterocycles. The number of nitrogens with two attached hydrogens (primary N) is 1. The van der Waals surface area contributed by atoms with Gasteiger partial charge < -0.3 is 11.1 Å². The van der Waals surface area contributed by atoms with E-state index >= 15 is 0 Å². The molecule has 86 valence electrons. The third-order valence-corrected chi connectivity index (χ3v) is 2.65. The molecule has 1 aromatic rings.